The van der Waals surface area contributed by atoms with E-state index in [2.05, 4.69) is 9.84 Å². The number of carbonyl (C=O) groups excluding carboxylic acids is 1. The van der Waals surface area contributed by atoms with Crippen molar-refractivity contribution in [3.63, 3.8) is 0 Å². The molecule has 0 N–H and O–H groups in total. The summed E-state index contributed by atoms with van der Waals surface area (Å²) in [5.74, 6) is -1.64. The second-order valence-corrected chi connectivity index (χ2v) is 5.42. The van der Waals surface area contributed by atoms with Gasteiger partial charge in [-0.25, -0.2) is 0 Å². The molecular formula is C13H17F3N2O3. The van der Waals surface area contributed by atoms with Crippen LogP contribution in [0.15, 0.2) is 17.3 Å². The predicted molar refractivity (Wildman–Crippen MR) is 68.6 cm³/mol. The van der Waals surface area contributed by atoms with Crippen molar-refractivity contribution < 1.29 is 27.4 Å². The summed E-state index contributed by atoms with van der Waals surface area (Å²) in [5, 5.41) is 5.64. The predicted octanol–water partition coefficient (Wildman–Crippen LogP) is 1.74. The molecule has 1 fully saturated rings. The first kappa shape index (κ1) is 15.8. The molecule has 118 valence electrons. The number of fused-ring (bicyclic) bond motifs is 2. The molecule has 0 aliphatic carbocycles. The molecule has 0 radical (unpaired) electrons. The number of carbonyl (C=O) groups is 1. The molecule has 0 aromatic carbocycles. The highest BCUT2D eigenvalue weighted by Crippen LogP contribution is 2.42. The van der Waals surface area contributed by atoms with Gasteiger partial charge in [-0.3, -0.25) is 4.79 Å². The summed E-state index contributed by atoms with van der Waals surface area (Å²) in [4.78, 5) is 11.9. The first-order valence-electron chi connectivity index (χ1n) is 6.50. The summed E-state index contributed by atoms with van der Waals surface area (Å²) in [5.41, 5.74) is -0.833. The maximum absolute atomic E-state index is 12.4. The van der Waals surface area contributed by atoms with Crippen molar-refractivity contribution >= 4 is 12.2 Å². The van der Waals surface area contributed by atoms with Gasteiger partial charge in [0.05, 0.1) is 18.2 Å². The van der Waals surface area contributed by atoms with E-state index < -0.39 is 35.9 Å². The van der Waals surface area contributed by atoms with Crippen LogP contribution in [0.5, 0.6) is 0 Å². The van der Waals surface area contributed by atoms with Gasteiger partial charge in [0.2, 0.25) is 0 Å². The van der Waals surface area contributed by atoms with Crippen molar-refractivity contribution in [2.45, 2.75) is 37.3 Å². The summed E-state index contributed by atoms with van der Waals surface area (Å²) in [6.07, 6.45) is -2.05. The average Bonchev–Trinajstić information content (AvgIpc) is 2.93. The lowest BCUT2D eigenvalue weighted by molar-refractivity contribution is -0.218. The van der Waals surface area contributed by atoms with Crippen LogP contribution in [-0.2, 0) is 14.3 Å². The van der Waals surface area contributed by atoms with E-state index in [1.54, 1.807) is 37.5 Å². The highest BCUT2D eigenvalue weighted by molar-refractivity contribution is 5.80. The molecule has 2 rings (SSSR count). The van der Waals surface area contributed by atoms with Crippen LogP contribution < -0.4 is 0 Å². The molecule has 5 nitrogen and oxygen atoms in total. The van der Waals surface area contributed by atoms with Gasteiger partial charge in [-0.2, -0.15) is 18.3 Å². The SMILES string of the molecule is CC(OC(=O)C1C[C@]2(/C=N/N(C)C)C=C[C@H]1O2)C(F)(F)F. The van der Waals surface area contributed by atoms with Gasteiger partial charge in [0.1, 0.15) is 5.60 Å². The number of halogens is 3. The average molecular weight is 306 g/mol. The Morgan fingerprint density at radius 3 is 2.81 bits per heavy atom. The lowest BCUT2D eigenvalue weighted by Crippen LogP contribution is -2.36. The number of esters is 1. The molecule has 0 aromatic rings. The molecule has 4 atom stereocenters. The molecule has 2 heterocycles. The summed E-state index contributed by atoms with van der Waals surface area (Å²) >= 11 is 0. The van der Waals surface area contributed by atoms with Gasteiger partial charge in [-0.05, 0) is 13.0 Å². The van der Waals surface area contributed by atoms with Gasteiger partial charge in [0, 0.05) is 20.5 Å². The molecule has 2 bridgehead atoms. The van der Waals surface area contributed by atoms with E-state index in [0.717, 1.165) is 6.92 Å². The van der Waals surface area contributed by atoms with Crippen LogP contribution in [0.4, 0.5) is 13.2 Å². The molecule has 21 heavy (non-hydrogen) atoms. The zero-order valence-electron chi connectivity index (χ0n) is 11.9. The van der Waals surface area contributed by atoms with E-state index in [9.17, 15) is 18.0 Å². The van der Waals surface area contributed by atoms with E-state index in [4.69, 9.17) is 4.74 Å². The van der Waals surface area contributed by atoms with E-state index in [-0.39, 0.29) is 6.42 Å². The molecule has 0 aromatic heterocycles. The fraction of sp³-hybridized carbons (Fsp3) is 0.692. The topological polar surface area (TPSA) is 51.1 Å². The number of hydrazone groups is 1. The lowest BCUT2D eigenvalue weighted by atomic mass is 9.87. The Labute approximate surface area is 120 Å². The van der Waals surface area contributed by atoms with Crippen molar-refractivity contribution in [1.82, 2.24) is 5.01 Å². The van der Waals surface area contributed by atoms with Gasteiger partial charge in [0.15, 0.2) is 6.10 Å². The van der Waals surface area contributed by atoms with Crippen LogP contribution in [0, 0.1) is 5.92 Å². The van der Waals surface area contributed by atoms with Crippen molar-refractivity contribution in [3.05, 3.63) is 12.2 Å². The van der Waals surface area contributed by atoms with Gasteiger partial charge in [0.25, 0.3) is 0 Å². The van der Waals surface area contributed by atoms with Crippen LogP contribution in [0.25, 0.3) is 0 Å². The van der Waals surface area contributed by atoms with E-state index in [0.29, 0.717) is 0 Å². The number of rotatable bonds is 4. The van der Waals surface area contributed by atoms with Crippen LogP contribution in [0.2, 0.25) is 0 Å². The maximum atomic E-state index is 12.4. The van der Waals surface area contributed by atoms with Gasteiger partial charge >= 0.3 is 12.1 Å². The summed E-state index contributed by atoms with van der Waals surface area (Å²) in [6, 6.07) is 0. The van der Waals surface area contributed by atoms with Gasteiger partial charge in [-0.1, -0.05) is 6.08 Å². The summed E-state index contributed by atoms with van der Waals surface area (Å²) in [6.45, 7) is 0.811. The maximum Gasteiger partial charge on any atom is 0.425 e. The van der Waals surface area contributed by atoms with Crippen LogP contribution in [0.1, 0.15) is 13.3 Å². The fourth-order valence-corrected chi connectivity index (χ4v) is 2.27. The third kappa shape index (κ3) is 3.37. The monoisotopic (exact) mass is 306 g/mol. The first-order valence-corrected chi connectivity index (χ1v) is 6.50. The molecule has 0 spiro atoms. The van der Waals surface area contributed by atoms with Gasteiger partial charge < -0.3 is 14.5 Å². The van der Waals surface area contributed by atoms with E-state index >= 15 is 0 Å². The largest absolute Gasteiger partial charge is 0.453 e. The fourth-order valence-electron chi connectivity index (χ4n) is 2.27. The molecule has 1 saturated heterocycles. The normalized spacial score (nSPS) is 32.7. The minimum Gasteiger partial charge on any atom is -0.453 e. The Morgan fingerprint density at radius 2 is 2.24 bits per heavy atom. The van der Waals surface area contributed by atoms with Crippen LogP contribution >= 0.6 is 0 Å². The van der Waals surface area contributed by atoms with Gasteiger partial charge in [-0.15, -0.1) is 0 Å². The molecule has 0 amide bonds. The summed E-state index contributed by atoms with van der Waals surface area (Å²) in [7, 11) is 3.46. The smallest absolute Gasteiger partial charge is 0.425 e. The third-order valence-corrected chi connectivity index (χ3v) is 3.42. The minimum atomic E-state index is -4.56. The number of hydrogen-bond donors (Lipinski definition) is 0. The number of ether oxygens (including phenoxy) is 2. The number of hydrogen-bond acceptors (Lipinski definition) is 5. The Kier molecular flexibility index (Phi) is 4.01. The second kappa shape index (κ2) is 5.32. The molecule has 2 aliphatic rings. The van der Waals surface area contributed by atoms with Crippen molar-refractivity contribution in [3.8, 4) is 0 Å². The van der Waals surface area contributed by atoms with E-state index in [1.807, 2.05) is 0 Å². The van der Waals surface area contributed by atoms with Crippen LogP contribution in [0.3, 0.4) is 0 Å². The molecule has 8 heteroatoms. The zero-order chi connectivity index (χ0) is 15.8. The van der Waals surface area contributed by atoms with Crippen molar-refractivity contribution in [2.75, 3.05) is 14.1 Å². The number of alkyl halides is 3. The quantitative estimate of drug-likeness (QED) is 0.344. The standard InChI is InChI=1S/C13H17F3N2O3/c1-8(13(14,15)16)20-11(19)9-6-12(7-17-18(2)3)5-4-10(9)21-12/h4-5,7-10H,6H2,1-3H3/b17-7+/t8?,9?,10-,12+/m1/s1. The van der Waals surface area contributed by atoms with Crippen LogP contribution in [-0.4, -0.2) is 55.3 Å². The van der Waals surface area contributed by atoms with E-state index in [1.165, 1.54) is 0 Å². The molecule has 2 aliphatic heterocycles. The Morgan fingerprint density at radius 1 is 1.57 bits per heavy atom. The number of nitrogens with zero attached hydrogens (tertiary/aromatic N) is 2. The Hall–Kier alpha value is -1.57. The third-order valence-electron chi connectivity index (χ3n) is 3.42. The molecule has 0 saturated carbocycles. The van der Waals surface area contributed by atoms with Crippen molar-refractivity contribution in [1.29, 1.82) is 0 Å². The highest BCUT2D eigenvalue weighted by Gasteiger charge is 2.52. The zero-order valence-corrected chi connectivity index (χ0v) is 11.9. The lowest BCUT2D eigenvalue weighted by Gasteiger charge is -2.21. The minimum absolute atomic E-state index is 0.231. The first-order chi connectivity index (χ1) is 9.63. The summed E-state index contributed by atoms with van der Waals surface area (Å²) < 4.78 is 47.4. The Balaban J connectivity index is 2.02. The second-order valence-electron chi connectivity index (χ2n) is 5.42. The molecular weight excluding hydrogens is 289 g/mol. The molecule has 2 unspecified atom stereocenters. The Bertz CT molecular complexity index is 476. The van der Waals surface area contributed by atoms with Crippen molar-refractivity contribution in [2.24, 2.45) is 11.0 Å². The highest BCUT2D eigenvalue weighted by atomic mass is 19.4.